The van der Waals surface area contributed by atoms with Crippen LogP contribution in [0.15, 0.2) is 18.7 Å². The second kappa shape index (κ2) is 7.68. The number of imidazole rings is 1. The van der Waals surface area contributed by atoms with Crippen molar-refractivity contribution in [3.05, 3.63) is 18.7 Å². The van der Waals surface area contributed by atoms with Crippen molar-refractivity contribution >= 4 is 0 Å². The van der Waals surface area contributed by atoms with Crippen LogP contribution in [0.25, 0.3) is 0 Å². The Labute approximate surface area is 117 Å². The van der Waals surface area contributed by atoms with Crippen molar-refractivity contribution in [2.75, 3.05) is 13.2 Å². The maximum absolute atomic E-state index is 5.89. The highest BCUT2D eigenvalue weighted by Crippen LogP contribution is 2.18. The standard InChI is InChI=1S/C16H29N2O/c1-15(2)16-13-19-12-8-6-4-3-5-7-9-17-10-11-18(16)14-17/h10-11,14-16H,3-9,12-13H2,1-2H3/q+1/t16-/m1/s1. The van der Waals surface area contributed by atoms with E-state index >= 15 is 0 Å². The molecular weight excluding hydrogens is 236 g/mol. The van der Waals surface area contributed by atoms with Crippen molar-refractivity contribution in [1.29, 1.82) is 0 Å². The fourth-order valence-electron chi connectivity index (χ4n) is 2.77. The van der Waals surface area contributed by atoms with Gasteiger partial charge in [0.2, 0.25) is 6.33 Å². The molecule has 2 rings (SSSR count). The molecule has 1 aromatic heterocycles. The van der Waals surface area contributed by atoms with Gasteiger partial charge < -0.3 is 4.74 Å². The predicted molar refractivity (Wildman–Crippen MR) is 77.0 cm³/mol. The second-order valence-corrected chi connectivity index (χ2v) is 6.11. The van der Waals surface area contributed by atoms with E-state index in [0.29, 0.717) is 12.0 Å². The summed E-state index contributed by atoms with van der Waals surface area (Å²) in [6, 6.07) is 0.462. The van der Waals surface area contributed by atoms with E-state index in [4.69, 9.17) is 4.74 Å². The molecule has 19 heavy (non-hydrogen) atoms. The average molecular weight is 265 g/mol. The Morgan fingerprint density at radius 3 is 2.63 bits per heavy atom. The number of aromatic nitrogens is 2. The molecule has 0 radical (unpaired) electrons. The summed E-state index contributed by atoms with van der Waals surface area (Å²) in [6.45, 7) is 7.47. The van der Waals surface area contributed by atoms with Crippen LogP contribution in [0.2, 0.25) is 0 Å². The Balaban J connectivity index is 2.02. The number of fused-ring (bicyclic) bond motifs is 2. The maximum atomic E-state index is 5.89. The van der Waals surface area contributed by atoms with E-state index < -0.39 is 0 Å². The first kappa shape index (κ1) is 14.6. The van der Waals surface area contributed by atoms with Gasteiger partial charge in [-0.05, 0) is 25.2 Å². The molecule has 1 aliphatic heterocycles. The van der Waals surface area contributed by atoms with Crippen LogP contribution >= 0.6 is 0 Å². The highest BCUT2D eigenvalue weighted by molar-refractivity contribution is 4.77. The smallest absolute Gasteiger partial charge is 0.244 e. The number of aryl methyl sites for hydroxylation is 1. The Morgan fingerprint density at radius 2 is 1.84 bits per heavy atom. The Bertz CT molecular complexity index is 359. The highest BCUT2D eigenvalue weighted by atomic mass is 16.5. The van der Waals surface area contributed by atoms with Crippen LogP contribution < -0.4 is 4.57 Å². The van der Waals surface area contributed by atoms with Gasteiger partial charge in [-0.2, -0.15) is 0 Å². The van der Waals surface area contributed by atoms with E-state index in [-0.39, 0.29) is 0 Å². The highest BCUT2D eigenvalue weighted by Gasteiger charge is 2.21. The van der Waals surface area contributed by atoms with Crippen molar-refractivity contribution in [1.82, 2.24) is 4.57 Å². The monoisotopic (exact) mass is 265 g/mol. The molecule has 0 saturated carbocycles. The Kier molecular flexibility index (Phi) is 5.90. The van der Waals surface area contributed by atoms with Crippen molar-refractivity contribution < 1.29 is 9.30 Å². The molecule has 1 atom stereocenters. The minimum atomic E-state index is 0.462. The molecule has 0 N–H and O–H groups in total. The van der Waals surface area contributed by atoms with Gasteiger partial charge in [0.25, 0.3) is 0 Å². The average Bonchev–Trinajstić information content (AvgIpc) is 2.83. The lowest BCUT2D eigenvalue weighted by Crippen LogP contribution is -2.32. The number of nitrogens with zero attached hydrogens (tertiary/aromatic N) is 2. The summed E-state index contributed by atoms with van der Waals surface area (Å²) in [5, 5.41) is 0. The third-order valence-electron chi connectivity index (χ3n) is 4.11. The van der Waals surface area contributed by atoms with Crippen LogP contribution in [0.4, 0.5) is 0 Å². The van der Waals surface area contributed by atoms with Crippen LogP contribution in [0, 0.1) is 5.92 Å². The number of hydrogen-bond acceptors (Lipinski definition) is 1. The van der Waals surface area contributed by atoms with Crippen LogP contribution in [-0.4, -0.2) is 17.8 Å². The molecule has 0 amide bonds. The van der Waals surface area contributed by atoms with E-state index in [1.807, 2.05) is 0 Å². The summed E-state index contributed by atoms with van der Waals surface area (Å²) in [7, 11) is 0. The summed E-state index contributed by atoms with van der Waals surface area (Å²) in [4.78, 5) is 0. The summed E-state index contributed by atoms with van der Waals surface area (Å²) in [6.07, 6.45) is 14.6. The molecule has 0 aliphatic carbocycles. The third kappa shape index (κ3) is 4.64. The summed E-state index contributed by atoms with van der Waals surface area (Å²) in [5.41, 5.74) is 0. The van der Waals surface area contributed by atoms with E-state index in [0.717, 1.165) is 19.8 Å². The largest absolute Gasteiger partial charge is 0.377 e. The topological polar surface area (TPSA) is 18.0 Å². The third-order valence-corrected chi connectivity index (χ3v) is 4.11. The molecule has 2 bridgehead atoms. The van der Waals surface area contributed by atoms with E-state index in [2.05, 4.69) is 41.7 Å². The van der Waals surface area contributed by atoms with Crippen LogP contribution in [0.5, 0.6) is 0 Å². The summed E-state index contributed by atoms with van der Waals surface area (Å²) < 4.78 is 10.5. The molecule has 0 unspecified atom stereocenters. The lowest BCUT2D eigenvalue weighted by Gasteiger charge is -2.18. The molecule has 1 aromatic rings. The first-order chi connectivity index (χ1) is 9.27. The molecule has 0 fully saturated rings. The van der Waals surface area contributed by atoms with Crippen molar-refractivity contribution in [2.24, 2.45) is 5.92 Å². The Morgan fingerprint density at radius 1 is 1.11 bits per heavy atom. The van der Waals surface area contributed by atoms with E-state index in [9.17, 15) is 0 Å². The van der Waals surface area contributed by atoms with Gasteiger partial charge in [0.05, 0.1) is 13.2 Å². The maximum Gasteiger partial charge on any atom is 0.244 e. The number of hydrogen-bond donors (Lipinski definition) is 0. The van der Waals surface area contributed by atoms with Crippen LogP contribution in [-0.2, 0) is 11.3 Å². The predicted octanol–water partition coefficient (Wildman–Crippen LogP) is 3.34. The van der Waals surface area contributed by atoms with Gasteiger partial charge in [0.15, 0.2) is 0 Å². The molecule has 0 aromatic carbocycles. The van der Waals surface area contributed by atoms with Gasteiger partial charge in [-0.3, -0.25) is 0 Å². The van der Waals surface area contributed by atoms with Crippen molar-refractivity contribution in [3.8, 4) is 0 Å². The van der Waals surface area contributed by atoms with Gasteiger partial charge in [-0.15, -0.1) is 0 Å². The lowest BCUT2D eigenvalue weighted by molar-refractivity contribution is -0.697. The summed E-state index contributed by atoms with van der Waals surface area (Å²) >= 11 is 0. The lowest BCUT2D eigenvalue weighted by atomic mass is 10.1. The first-order valence-corrected chi connectivity index (χ1v) is 7.91. The van der Waals surface area contributed by atoms with Gasteiger partial charge in [-0.1, -0.05) is 33.1 Å². The summed E-state index contributed by atoms with van der Waals surface area (Å²) in [5.74, 6) is 0.605. The minimum absolute atomic E-state index is 0.462. The van der Waals surface area contributed by atoms with E-state index in [1.165, 1.54) is 38.5 Å². The van der Waals surface area contributed by atoms with Gasteiger partial charge in [0.1, 0.15) is 18.4 Å². The normalized spacial score (nSPS) is 23.2. The van der Waals surface area contributed by atoms with E-state index in [1.54, 1.807) is 0 Å². The molecule has 108 valence electrons. The van der Waals surface area contributed by atoms with Crippen molar-refractivity contribution in [3.63, 3.8) is 0 Å². The van der Waals surface area contributed by atoms with Crippen molar-refractivity contribution in [2.45, 2.75) is 65.0 Å². The minimum Gasteiger partial charge on any atom is -0.377 e. The van der Waals surface area contributed by atoms with Crippen LogP contribution in [0.1, 0.15) is 58.4 Å². The fourth-order valence-corrected chi connectivity index (χ4v) is 2.77. The SMILES string of the molecule is CC(C)[C@H]1COCCCCCCCC[n+]2ccn1c2. The zero-order valence-electron chi connectivity index (χ0n) is 12.6. The van der Waals surface area contributed by atoms with Gasteiger partial charge >= 0.3 is 0 Å². The first-order valence-electron chi connectivity index (χ1n) is 7.91. The quantitative estimate of drug-likeness (QED) is 0.712. The number of rotatable bonds is 1. The molecule has 3 nitrogen and oxygen atoms in total. The molecule has 3 heteroatoms. The molecule has 0 saturated heterocycles. The molecule has 1 aliphatic rings. The number of ether oxygens (including phenoxy) is 1. The zero-order valence-corrected chi connectivity index (χ0v) is 12.6. The fraction of sp³-hybridized carbons (Fsp3) is 0.812. The molecule has 2 heterocycles. The van der Waals surface area contributed by atoms with Gasteiger partial charge in [0, 0.05) is 6.61 Å². The Hall–Kier alpha value is -0.830. The molecule has 0 spiro atoms. The molecular formula is C16H29N2O+. The second-order valence-electron chi connectivity index (χ2n) is 6.11. The van der Waals surface area contributed by atoms with Crippen LogP contribution in [0.3, 0.4) is 0 Å². The zero-order chi connectivity index (χ0) is 13.5. The van der Waals surface area contributed by atoms with Gasteiger partial charge in [-0.25, -0.2) is 9.13 Å².